The van der Waals surface area contributed by atoms with Gasteiger partial charge in [-0.2, -0.15) is 0 Å². The lowest BCUT2D eigenvalue weighted by atomic mass is 10.00. The highest BCUT2D eigenvalue weighted by Crippen LogP contribution is 2.30. The Morgan fingerprint density at radius 1 is 0.842 bits per heavy atom. The van der Waals surface area contributed by atoms with Crippen LogP contribution in [0.4, 0.5) is 0 Å². The lowest BCUT2D eigenvalue weighted by Gasteiger charge is -2.29. The maximum atomic E-state index is 12.9. The van der Waals surface area contributed by atoms with E-state index >= 15 is 0 Å². The van der Waals surface area contributed by atoms with Crippen LogP contribution in [0.15, 0.2) is 18.2 Å². The minimum Gasteiger partial charge on any atom is -0.379 e. The fourth-order valence-electron chi connectivity index (χ4n) is 4.31. The van der Waals surface area contributed by atoms with Crippen molar-refractivity contribution in [2.24, 2.45) is 5.73 Å². The first-order valence-electron chi connectivity index (χ1n) is 13.0. The fraction of sp³-hybridized carbons (Fsp3) is 0.654. The molecule has 1 unspecified atom stereocenters. The van der Waals surface area contributed by atoms with Gasteiger partial charge in [-0.15, -0.1) is 12.4 Å². The van der Waals surface area contributed by atoms with Crippen LogP contribution >= 0.6 is 12.4 Å². The van der Waals surface area contributed by atoms with Crippen LogP contribution in [-0.4, -0.2) is 101 Å². The van der Waals surface area contributed by atoms with Gasteiger partial charge in [0.1, 0.15) is 6.04 Å². The van der Waals surface area contributed by atoms with Crippen LogP contribution in [0.2, 0.25) is 0 Å². The molecule has 1 atom stereocenters. The first-order chi connectivity index (χ1) is 18.1. The van der Waals surface area contributed by atoms with E-state index in [1.54, 1.807) is 11.0 Å². The molecular weight excluding hydrogens is 518 g/mol. The van der Waals surface area contributed by atoms with Crippen LogP contribution in [0.5, 0.6) is 0 Å². The second kappa shape index (κ2) is 18.2. The van der Waals surface area contributed by atoms with Crippen LogP contribution < -0.4 is 11.1 Å². The minimum atomic E-state index is -0.598. The summed E-state index contributed by atoms with van der Waals surface area (Å²) in [5.41, 5.74) is 8.02. The summed E-state index contributed by atoms with van der Waals surface area (Å²) in [4.78, 5) is 38.2. The van der Waals surface area contributed by atoms with Gasteiger partial charge in [-0.3, -0.25) is 19.7 Å². The average Bonchev–Trinajstić information content (AvgIpc) is 3.22. The molecule has 0 aliphatic carbocycles. The normalized spacial score (nSPS) is 16.9. The molecule has 11 nitrogen and oxygen atoms in total. The van der Waals surface area contributed by atoms with E-state index in [4.69, 9.17) is 29.4 Å². The molecule has 2 aliphatic heterocycles. The van der Waals surface area contributed by atoms with Gasteiger partial charge in [-0.25, -0.2) is 0 Å². The second-order valence-electron chi connectivity index (χ2n) is 8.80. The second-order valence-corrected chi connectivity index (χ2v) is 8.80. The summed E-state index contributed by atoms with van der Waals surface area (Å²) in [7, 11) is 0. The standard InChI is InChI=1S/C26H39N3O8.ClH/c27-8-10-34-12-14-36-16-18-37-17-15-35-13-11-33-9-2-4-20-3-1-5-21-22(20)19-29(26(21)32)23-6-7-24(30)28-25(23)31;/h1,3,5,23H,2,4,6-19,27H2,(H,28,30,31);1H. The van der Waals surface area contributed by atoms with Gasteiger partial charge in [-0.1, -0.05) is 12.1 Å². The molecule has 12 heteroatoms. The number of ether oxygens (including phenoxy) is 5. The Morgan fingerprint density at radius 3 is 2.00 bits per heavy atom. The van der Waals surface area contributed by atoms with Gasteiger partial charge in [0.15, 0.2) is 0 Å². The number of rotatable bonds is 19. The monoisotopic (exact) mass is 557 g/mol. The van der Waals surface area contributed by atoms with Crippen LogP contribution in [-0.2, 0) is 46.2 Å². The highest BCUT2D eigenvalue weighted by Gasteiger charge is 2.39. The number of halogens is 1. The number of hydrogen-bond donors (Lipinski definition) is 2. The van der Waals surface area contributed by atoms with E-state index < -0.39 is 11.9 Å². The minimum absolute atomic E-state index is 0. The predicted molar refractivity (Wildman–Crippen MR) is 141 cm³/mol. The molecule has 2 heterocycles. The molecule has 214 valence electrons. The number of amides is 3. The van der Waals surface area contributed by atoms with Crippen molar-refractivity contribution < 1.29 is 38.1 Å². The van der Waals surface area contributed by atoms with E-state index in [-0.39, 0.29) is 30.6 Å². The van der Waals surface area contributed by atoms with Crippen molar-refractivity contribution in [3.63, 3.8) is 0 Å². The summed E-state index contributed by atoms with van der Waals surface area (Å²) < 4.78 is 27.2. The summed E-state index contributed by atoms with van der Waals surface area (Å²) in [5, 5.41) is 2.34. The van der Waals surface area contributed by atoms with E-state index in [0.717, 1.165) is 24.0 Å². The van der Waals surface area contributed by atoms with Crippen molar-refractivity contribution in [3.8, 4) is 0 Å². The summed E-state index contributed by atoms with van der Waals surface area (Å²) in [6, 6.07) is 5.10. The number of carbonyl (C=O) groups excluding carboxylic acids is 3. The van der Waals surface area contributed by atoms with Crippen LogP contribution in [0.1, 0.15) is 40.7 Å². The topological polar surface area (TPSA) is 139 Å². The quantitative estimate of drug-likeness (QED) is 0.187. The van der Waals surface area contributed by atoms with E-state index in [2.05, 4.69) is 5.32 Å². The third kappa shape index (κ3) is 10.2. The fourth-order valence-corrected chi connectivity index (χ4v) is 4.31. The van der Waals surface area contributed by atoms with Crippen molar-refractivity contribution >= 4 is 30.1 Å². The summed E-state index contributed by atoms with van der Waals surface area (Å²) in [6.45, 7) is 6.13. The molecule has 1 fully saturated rings. The van der Waals surface area contributed by atoms with E-state index in [1.807, 2.05) is 12.1 Å². The van der Waals surface area contributed by atoms with E-state index in [1.165, 1.54) is 0 Å². The number of nitrogens with two attached hydrogens (primary N) is 1. The molecule has 3 amide bonds. The number of fused-ring (bicyclic) bond motifs is 1. The molecule has 1 aromatic rings. The van der Waals surface area contributed by atoms with Crippen LogP contribution in [0.3, 0.4) is 0 Å². The number of aryl methyl sites for hydroxylation is 1. The molecule has 38 heavy (non-hydrogen) atoms. The number of hydrogen-bond acceptors (Lipinski definition) is 9. The first-order valence-corrected chi connectivity index (χ1v) is 13.0. The van der Waals surface area contributed by atoms with Crippen molar-refractivity contribution in [3.05, 3.63) is 34.9 Å². The van der Waals surface area contributed by atoms with Gasteiger partial charge >= 0.3 is 0 Å². The maximum Gasteiger partial charge on any atom is 0.255 e. The number of piperidine rings is 1. The van der Waals surface area contributed by atoms with Crippen LogP contribution in [0, 0.1) is 0 Å². The van der Waals surface area contributed by atoms with Gasteiger partial charge in [0.05, 0.1) is 59.5 Å². The Hall–Kier alpha value is -2.12. The molecule has 0 radical (unpaired) electrons. The molecular formula is C26H40ClN3O8. The van der Waals surface area contributed by atoms with Crippen molar-refractivity contribution in [1.82, 2.24) is 10.2 Å². The Morgan fingerprint density at radius 2 is 1.42 bits per heavy atom. The SMILES string of the molecule is Cl.NCCOCCOCCOCCOCCOCCCc1cccc2c1CN(C1CCC(=O)NC1=O)C2=O. The maximum absolute atomic E-state index is 12.9. The van der Waals surface area contributed by atoms with Gasteiger partial charge in [0.25, 0.3) is 5.91 Å². The lowest BCUT2D eigenvalue weighted by molar-refractivity contribution is -0.136. The van der Waals surface area contributed by atoms with Crippen molar-refractivity contribution in [1.29, 1.82) is 0 Å². The van der Waals surface area contributed by atoms with Crippen molar-refractivity contribution in [2.75, 3.05) is 72.6 Å². The van der Waals surface area contributed by atoms with Gasteiger partial charge in [0.2, 0.25) is 11.8 Å². The smallest absolute Gasteiger partial charge is 0.255 e. The highest BCUT2D eigenvalue weighted by atomic mass is 35.5. The molecule has 3 N–H and O–H groups in total. The zero-order valence-corrected chi connectivity index (χ0v) is 22.6. The zero-order chi connectivity index (χ0) is 26.3. The third-order valence-electron chi connectivity index (χ3n) is 6.16. The van der Waals surface area contributed by atoms with E-state index in [0.29, 0.717) is 91.1 Å². The molecule has 0 spiro atoms. The number of carbonyl (C=O) groups is 3. The summed E-state index contributed by atoms with van der Waals surface area (Å²) in [6.07, 6.45) is 2.19. The zero-order valence-electron chi connectivity index (χ0n) is 21.8. The Bertz CT molecular complexity index is 888. The molecule has 0 bridgehead atoms. The Labute approximate surface area is 230 Å². The largest absolute Gasteiger partial charge is 0.379 e. The van der Waals surface area contributed by atoms with E-state index in [9.17, 15) is 14.4 Å². The Kier molecular flexibility index (Phi) is 15.4. The van der Waals surface area contributed by atoms with Crippen LogP contribution in [0.25, 0.3) is 0 Å². The average molecular weight is 558 g/mol. The van der Waals surface area contributed by atoms with Crippen molar-refractivity contribution in [2.45, 2.75) is 38.3 Å². The lowest BCUT2D eigenvalue weighted by Crippen LogP contribution is -2.52. The summed E-state index contributed by atoms with van der Waals surface area (Å²) >= 11 is 0. The number of nitrogens with zero attached hydrogens (tertiary/aromatic N) is 1. The number of benzene rings is 1. The number of imide groups is 1. The molecule has 0 aromatic heterocycles. The molecule has 2 aliphatic rings. The Balaban J connectivity index is 0.00000507. The highest BCUT2D eigenvalue weighted by molar-refractivity contribution is 6.05. The molecule has 1 aromatic carbocycles. The van der Waals surface area contributed by atoms with Gasteiger partial charge < -0.3 is 34.3 Å². The molecule has 1 saturated heterocycles. The van der Waals surface area contributed by atoms with Gasteiger partial charge in [-0.05, 0) is 36.5 Å². The summed E-state index contributed by atoms with van der Waals surface area (Å²) in [5.74, 6) is -0.827. The molecule has 3 rings (SSSR count). The first kappa shape index (κ1) is 32.1. The molecule has 0 saturated carbocycles. The predicted octanol–water partition coefficient (Wildman–Crippen LogP) is 0.844. The van der Waals surface area contributed by atoms with Gasteiger partial charge in [0, 0.05) is 31.7 Å². The number of nitrogens with one attached hydrogen (secondary N) is 1. The third-order valence-corrected chi connectivity index (χ3v) is 6.16.